The van der Waals surface area contributed by atoms with Gasteiger partial charge in [-0.1, -0.05) is 24.3 Å². The standard InChI is InChI=1S/C24H22F3IN4O4/c1-14(16-6-8-17(9-7-16)23(34)36-2)29-21(33)19-20(24(25,26)27)30-31-10-11-32(35,22(19)31)13-15-4-3-5-18(28)12-15/h3-9,12,14H,10-11,13H2,1-2H3,(H,29,33). The lowest BCUT2D eigenvalue weighted by atomic mass is 10.1. The average molecular weight is 614 g/mol. The summed E-state index contributed by atoms with van der Waals surface area (Å²) in [5.41, 5.74) is -0.666. The summed E-state index contributed by atoms with van der Waals surface area (Å²) in [6.45, 7) is 1.37. The fraction of sp³-hybridized carbons (Fsp3) is 0.292. The molecule has 2 heterocycles. The van der Waals surface area contributed by atoms with Crippen LogP contribution in [0.2, 0.25) is 0 Å². The van der Waals surface area contributed by atoms with Gasteiger partial charge in [0.1, 0.15) is 13.1 Å². The van der Waals surface area contributed by atoms with Crippen LogP contribution in [0, 0.1) is 8.78 Å². The minimum absolute atomic E-state index is 0.0380. The Labute approximate surface area is 218 Å². The quantitative estimate of drug-likeness (QED) is 0.186. The van der Waals surface area contributed by atoms with E-state index >= 15 is 0 Å². The van der Waals surface area contributed by atoms with Crippen LogP contribution in [-0.2, 0) is 24.0 Å². The van der Waals surface area contributed by atoms with E-state index in [-0.39, 0.29) is 31.0 Å². The van der Waals surface area contributed by atoms with Crippen molar-refractivity contribution in [3.8, 4) is 0 Å². The van der Waals surface area contributed by atoms with Crippen molar-refractivity contribution in [2.24, 2.45) is 0 Å². The Kier molecular flexibility index (Phi) is 7.12. The molecule has 36 heavy (non-hydrogen) atoms. The lowest BCUT2D eigenvalue weighted by Crippen LogP contribution is -2.42. The van der Waals surface area contributed by atoms with Crippen molar-refractivity contribution in [3.63, 3.8) is 0 Å². The maximum absolute atomic E-state index is 13.9. The number of nitrogens with zero attached hydrogens (tertiary/aromatic N) is 3. The molecule has 1 amide bonds. The monoisotopic (exact) mass is 614 g/mol. The Bertz CT molecular complexity index is 1310. The van der Waals surface area contributed by atoms with Gasteiger partial charge in [0, 0.05) is 9.13 Å². The zero-order valence-corrected chi connectivity index (χ0v) is 21.5. The number of benzene rings is 2. The second-order valence-corrected chi connectivity index (χ2v) is 9.72. The number of methoxy groups -OCH3 is 1. The minimum atomic E-state index is -4.93. The Morgan fingerprint density at radius 3 is 2.56 bits per heavy atom. The number of quaternary nitrogens is 1. The molecule has 1 N–H and O–H groups in total. The number of carbonyl (C=O) groups excluding carboxylic acids is 2. The van der Waals surface area contributed by atoms with Gasteiger partial charge in [0.25, 0.3) is 5.91 Å². The van der Waals surface area contributed by atoms with Crippen molar-refractivity contribution in [1.29, 1.82) is 0 Å². The number of rotatable bonds is 6. The summed E-state index contributed by atoms with van der Waals surface area (Å²) in [6.07, 6.45) is -4.93. The summed E-state index contributed by atoms with van der Waals surface area (Å²) in [7, 11) is 1.24. The molecule has 0 saturated heterocycles. The van der Waals surface area contributed by atoms with Gasteiger partial charge >= 0.3 is 12.1 Å². The number of fused-ring (bicyclic) bond motifs is 1. The van der Waals surface area contributed by atoms with Gasteiger partial charge in [0.05, 0.1) is 25.3 Å². The minimum Gasteiger partial charge on any atom is -0.626 e. The first-order chi connectivity index (χ1) is 16.9. The molecule has 190 valence electrons. The number of ether oxygens (including phenoxy) is 1. The van der Waals surface area contributed by atoms with Gasteiger partial charge in [-0.15, -0.1) is 0 Å². The van der Waals surface area contributed by atoms with Gasteiger partial charge in [0.2, 0.25) is 5.82 Å². The normalized spacial score (nSPS) is 18.0. The van der Waals surface area contributed by atoms with Crippen LogP contribution in [0.3, 0.4) is 0 Å². The van der Waals surface area contributed by atoms with Crippen molar-refractivity contribution >= 4 is 40.3 Å². The van der Waals surface area contributed by atoms with Crippen LogP contribution in [0.1, 0.15) is 50.5 Å². The lowest BCUT2D eigenvalue weighted by Gasteiger charge is -2.37. The number of halogens is 4. The Balaban J connectivity index is 1.68. The van der Waals surface area contributed by atoms with E-state index < -0.39 is 40.0 Å². The summed E-state index contributed by atoms with van der Waals surface area (Å²) in [5, 5.41) is 20.0. The number of hydrogen-bond donors (Lipinski definition) is 1. The molecular weight excluding hydrogens is 592 g/mol. The fourth-order valence-electron chi connectivity index (χ4n) is 4.25. The van der Waals surface area contributed by atoms with E-state index in [1.54, 1.807) is 37.3 Å². The first-order valence-electron chi connectivity index (χ1n) is 10.9. The van der Waals surface area contributed by atoms with Crippen molar-refractivity contribution < 1.29 is 27.5 Å². The zero-order chi connectivity index (χ0) is 26.3. The Hall–Kier alpha value is -2.97. The number of nitrogens with one attached hydrogen (secondary N) is 1. The highest BCUT2D eigenvalue weighted by atomic mass is 127. The topological polar surface area (TPSA) is 96.3 Å². The molecule has 0 spiro atoms. The summed E-state index contributed by atoms with van der Waals surface area (Å²) in [6, 6.07) is 12.5. The van der Waals surface area contributed by atoms with Gasteiger partial charge < -0.3 is 19.9 Å². The highest BCUT2D eigenvalue weighted by Gasteiger charge is 2.48. The number of hydrogen-bond acceptors (Lipinski definition) is 5. The molecular formula is C24H22F3IN4O4. The number of amides is 1. The molecule has 1 aromatic heterocycles. The van der Waals surface area contributed by atoms with Gasteiger partial charge in [-0.25, -0.2) is 9.48 Å². The number of hydroxylamine groups is 2. The number of alkyl halides is 3. The number of esters is 1. The molecule has 0 radical (unpaired) electrons. The summed E-state index contributed by atoms with van der Waals surface area (Å²) < 4.78 is 47.1. The van der Waals surface area contributed by atoms with Crippen LogP contribution in [-0.4, -0.2) is 35.3 Å². The van der Waals surface area contributed by atoms with E-state index in [4.69, 9.17) is 0 Å². The third-order valence-electron chi connectivity index (χ3n) is 5.99. The molecule has 8 nitrogen and oxygen atoms in total. The van der Waals surface area contributed by atoms with Gasteiger partial charge in [-0.2, -0.15) is 18.3 Å². The maximum Gasteiger partial charge on any atom is 0.436 e. The van der Waals surface area contributed by atoms with Crippen LogP contribution in [0.25, 0.3) is 0 Å². The summed E-state index contributed by atoms with van der Waals surface area (Å²) in [5.74, 6) is -1.90. The van der Waals surface area contributed by atoms with Gasteiger partial charge in [-0.05, 0) is 59.3 Å². The van der Waals surface area contributed by atoms with Gasteiger partial charge in [0.15, 0.2) is 11.3 Å². The summed E-state index contributed by atoms with van der Waals surface area (Å²) in [4.78, 5) is 24.9. The summed E-state index contributed by atoms with van der Waals surface area (Å²) >= 11 is 2.09. The van der Waals surface area contributed by atoms with Crippen LogP contribution in [0.5, 0.6) is 0 Å². The molecule has 12 heteroatoms. The highest BCUT2D eigenvalue weighted by Crippen LogP contribution is 2.41. The van der Waals surface area contributed by atoms with Crippen LogP contribution >= 0.6 is 22.6 Å². The van der Waals surface area contributed by atoms with E-state index in [0.717, 1.165) is 8.25 Å². The maximum atomic E-state index is 13.9. The van der Waals surface area contributed by atoms with E-state index in [0.29, 0.717) is 11.1 Å². The van der Waals surface area contributed by atoms with Crippen molar-refractivity contribution in [1.82, 2.24) is 19.7 Å². The van der Waals surface area contributed by atoms with E-state index in [1.165, 1.54) is 19.2 Å². The second-order valence-electron chi connectivity index (χ2n) is 8.48. The highest BCUT2D eigenvalue weighted by molar-refractivity contribution is 14.1. The molecule has 0 fully saturated rings. The van der Waals surface area contributed by atoms with E-state index in [1.807, 2.05) is 6.07 Å². The predicted molar refractivity (Wildman–Crippen MR) is 134 cm³/mol. The second kappa shape index (κ2) is 9.82. The van der Waals surface area contributed by atoms with Crippen molar-refractivity contribution in [2.75, 3.05) is 13.7 Å². The largest absolute Gasteiger partial charge is 0.626 e. The van der Waals surface area contributed by atoms with E-state index in [2.05, 4.69) is 37.7 Å². The van der Waals surface area contributed by atoms with Crippen LogP contribution in [0.15, 0.2) is 48.5 Å². The molecule has 0 saturated carbocycles. The Morgan fingerprint density at radius 2 is 1.94 bits per heavy atom. The number of aromatic nitrogens is 2. The number of carbonyl (C=O) groups is 2. The third kappa shape index (κ3) is 5.11. The molecule has 0 bridgehead atoms. The van der Waals surface area contributed by atoms with Gasteiger partial charge in [-0.3, -0.25) is 4.79 Å². The van der Waals surface area contributed by atoms with E-state index in [9.17, 15) is 28.0 Å². The molecule has 0 aliphatic carbocycles. The smallest absolute Gasteiger partial charge is 0.436 e. The molecule has 3 aromatic rings. The molecule has 2 aromatic carbocycles. The lowest BCUT2D eigenvalue weighted by molar-refractivity contribution is -0.141. The Morgan fingerprint density at radius 1 is 1.25 bits per heavy atom. The SMILES string of the molecule is COC(=O)c1ccc(C(C)NC(=O)c2c(C(F)(F)F)nn3c2[N+]([O-])(Cc2cccc(I)c2)CC3)cc1. The zero-order valence-electron chi connectivity index (χ0n) is 19.3. The van der Waals surface area contributed by atoms with Crippen molar-refractivity contribution in [3.05, 3.63) is 85.3 Å². The first kappa shape index (κ1) is 26.1. The first-order valence-corrected chi connectivity index (χ1v) is 12.0. The van der Waals surface area contributed by atoms with Crippen molar-refractivity contribution in [2.45, 2.75) is 32.2 Å². The molecule has 1 aliphatic rings. The fourth-order valence-corrected chi connectivity index (χ4v) is 4.86. The molecule has 1 aliphatic heterocycles. The average Bonchev–Trinajstić information content (AvgIpc) is 3.37. The predicted octanol–water partition coefficient (Wildman–Crippen LogP) is 4.80. The molecule has 4 rings (SSSR count). The molecule has 2 atom stereocenters. The third-order valence-corrected chi connectivity index (χ3v) is 6.66. The van der Waals surface area contributed by atoms with Crippen LogP contribution in [0.4, 0.5) is 19.0 Å². The molecule has 2 unspecified atom stereocenters. The van der Waals surface area contributed by atoms with Crippen LogP contribution < -0.4 is 9.96 Å².